The second-order valence-corrected chi connectivity index (χ2v) is 7.09. The number of nitrogens with zero attached hydrogens (tertiary/aromatic N) is 4. The lowest BCUT2D eigenvalue weighted by atomic mass is 9.97. The molecule has 0 aromatic carbocycles. The van der Waals surface area contributed by atoms with Gasteiger partial charge in [-0.15, -0.1) is 11.3 Å². The Morgan fingerprint density at radius 2 is 2.41 bits per heavy atom. The molecule has 0 bridgehead atoms. The van der Waals surface area contributed by atoms with Gasteiger partial charge in [0.05, 0.1) is 23.5 Å². The molecule has 2 aromatic rings. The SMILES string of the molecule is CSCC(=O)N1CCC[C@H](c2nccn2Cc2cscn2)C1. The van der Waals surface area contributed by atoms with Gasteiger partial charge in [-0.2, -0.15) is 11.8 Å². The lowest BCUT2D eigenvalue weighted by Gasteiger charge is -2.32. The molecule has 1 fully saturated rings. The highest BCUT2D eigenvalue weighted by molar-refractivity contribution is 7.99. The maximum atomic E-state index is 12.1. The van der Waals surface area contributed by atoms with Gasteiger partial charge in [0.15, 0.2) is 0 Å². The van der Waals surface area contributed by atoms with Crippen LogP contribution in [-0.2, 0) is 11.3 Å². The van der Waals surface area contributed by atoms with E-state index in [0.29, 0.717) is 11.7 Å². The van der Waals surface area contributed by atoms with Crippen molar-refractivity contribution in [2.75, 3.05) is 25.1 Å². The maximum Gasteiger partial charge on any atom is 0.232 e. The van der Waals surface area contributed by atoms with E-state index in [1.165, 1.54) is 0 Å². The monoisotopic (exact) mass is 336 g/mol. The van der Waals surface area contributed by atoms with E-state index in [0.717, 1.165) is 44.0 Å². The predicted molar refractivity (Wildman–Crippen MR) is 90.4 cm³/mol. The first-order chi connectivity index (χ1) is 10.8. The smallest absolute Gasteiger partial charge is 0.232 e. The topological polar surface area (TPSA) is 51.0 Å². The second kappa shape index (κ2) is 7.28. The van der Waals surface area contributed by atoms with Gasteiger partial charge in [0.1, 0.15) is 5.82 Å². The molecule has 0 unspecified atom stereocenters. The third-order valence-corrected chi connectivity index (χ3v) is 5.14. The van der Waals surface area contributed by atoms with E-state index >= 15 is 0 Å². The number of carbonyl (C=O) groups is 1. The van der Waals surface area contributed by atoms with Crippen LogP contribution in [0.4, 0.5) is 0 Å². The van der Waals surface area contributed by atoms with E-state index in [9.17, 15) is 4.79 Å². The number of thioether (sulfide) groups is 1. The maximum absolute atomic E-state index is 12.1. The van der Waals surface area contributed by atoms with E-state index in [1.54, 1.807) is 23.1 Å². The van der Waals surface area contributed by atoms with Crippen molar-refractivity contribution < 1.29 is 4.79 Å². The Bertz CT molecular complexity index is 611. The molecule has 0 N–H and O–H groups in total. The Kier molecular flexibility index (Phi) is 5.15. The number of hydrogen-bond donors (Lipinski definition) is 0. The molecule has 118 valence electrons. The first-order valence-corrected chi connectivity index (χ1v) is 9.76. The summed E-state index contributed by atoms with van der Waals surface area (Å²) in [4.78, 5) is 23.0. The van der Waals surface area contributed by atoms with Crippen molar-refractivity contribution in [1.82, 2.24) is 19.4 Å². The van der Waals surface area contributed by atoms with Crippen molar-refractivity contribution in [3.63, 3.8) is 0 Å². The minimum Gasteiger partial charge on any atom is -0.341 e. The number of thiazole rings is 1. The van der Waals surface area contributed by atoms with Gasteiger partial charge in [-0.25, -0.2) is 9.97 Å². The lowest BCUT2D eigenvalue weighted by molar-refractivity contribution is -0.129. The summed E-state index contributed by atoms with van der Waals surface area (Å²) >= 11 is 3.20. The molecule has 2 aromatic heterocycles. The van der Waals surface area contributed by atoms with Gasteiger partial charge in [-0.1, -0.05) is 0 Å². The molecule has 0 radical (unpaired) electrons. The molecule has 22 heavy (non-hydrogen) atoms. The third kappa shape index (κ3) is 3.52. The van der Waals surface area contributed by atoms with E-state index in [1.807, 2.05) is 29.1 Å². The van der Waals surface area contributed by atoms with E-state index in [2.05, 4.69) is 19.9 Å². The van der Waals surface area contributed by atoms with Crippen LogP contribution in [0.1, 0.15) is 30.3 Å². The third-order valence-electron chi connectivity index (χ3n) is 3.97. The van der Waals surface area contributed by atoms with Crippen LogP contribution in [0.3, 0.4) is 0 Å². The van der Waals surface area contributed by atoms with Crippen LogP contribution in [0, 0.1) is 0 Å². The minimum absolute atomic E-state index is 0.245. The van der Waals surface area contributed by atoms with Gasteiger partial charge in [-0.3, -0.25) is 4.79 Å². The van der Waals surface area contributed by atoms with Crippen molar-refractivity contribution in [1.29, 1.82) is 0 Å². The summed E-state index contributed by atoms with van der Waals surface area (Å²) in [5, 5.41) is 2.07. The Labute approximate surface area is 138 Å². The molecule has 5 nitrogen and oxygen atoms in total. The van der Waals surface area contributed by atoms with Crippen LogP contribution >= 0.6 is 23.1 Å². The van der Waals surface area contributed by atoms with Gasteiger partial charge in [0.25, 0.3) is 0 Å². The highest BCUT2D eigenvalue weighted by atomic mass is 32.2. The van der Waals surface area contributed by atoms with Crippen molar-refractivity contribution >= 4 is 29.0 Å². The van der Waals surface area contributed by atoms with Gasteiger partial charge >= 0.3 is 0 Å². The molecule has 0 saturated carbocycles. The minimum atomic E-state index is 0.245. The molecule has 0 aliphatic carbocycles. The molecule has 1 aliphatic heterocycles. The molecule has 1 atom stereocenters. The number of aromatic nitrogens is 3. The zero-order valence-corrected chi connectivity index (χ0v) is 14.3. The normalized spacial score (nSPS) is 18.6. The summed E-state index contributed by atoms with van der Waals surface area (Å²) < 4.78 is 2.17. The number of hydrogen-bond acceptors (Lipinski definition) is 5. The number of amides is 1. The standard InChI is InChI=1S/C15H20N4OS2/c1-21-10-14(20)18-5-2-3-12(7-18)15-16-4-6-19(15)8-13-9-22-11-17-13/h4,6,9,11-12H,2-3,5,7-8,10H2,1H3/t12-/m0/s1. The molecule has 1 amide bonds. The molecule has 3 heterocycles. The molecular weight excluding hydrogens is 316 g/mol. The zero-order valence-electron chi connectivity index (χ0n) is 12.6. The van der Waals surface area contributed by atoms with Crippen LogP contribution in [0.25, 0.3) is 0 Å². The Morgan fingerprint density at radius 3 is 3.18 bits per heavy atom. The number of carbonyl (C=O) groups excluding carboxylic acids is 1. The molecule has 1 aliphatic rings. The quantitative estimate of drug-likeness (QED) is 0.842. The first-order valence-electron chi connectivity index (χ1n) is 7.42. The molecular formula is C15H20N4OS2. The molecule has 7 heteroatoms. The van der Waals surface area contributed by atoms with Gasteiger partial charge in [0.2, 0.25) is 5.91 Å². The number of likely N-dealkylation sites (tertiary alicyclic amines) is 1. The van der Waals surface area contributed by atoms with E-state index in [4.69, 9.17) is 0 Å². The average molecular weight is 336 g/mol. The summed E-state index contributed by atoms with van der Waals surface area (Å²) in [5.74, 6) is 2.22. The summed E-state index contributed by atoms with van der Waals surface area (Å²) in [5.41, 5.74) is 2.92. The van der Waals surface area contributed by atoms with Crippen molar-refractivity contribution in [2.24, 2.45) is 0 Å². The van der Waals surface area contributed by atoms with Crippen LogP contribution in [0.2, 0.25) is 0 Å². The van der Waals surface area contributed by atoms with E-state index < -0.39 is 0 Å². The van der Waals surface area contributed by atoms with Gasteiger partial charge in [-0.05, 0) is 19.1 Å². The number of rotatable bonds is 5. The van der Waals surface area contributed by atoms with Gasteiger partial charge < -0.3 is 9.47 Å². The Hall–Kier alpha value is -1.34. The number of imidazole rings is 1. The summed E-state index contributed by atoms with van der Waals surface area (Å²) in [7, 11) is 0. The van der Waals surface area contributed by atoms with Crippen LogP contribution in [0.5, 0.6) is 0 Å². The van der Waals surface area contributed by atoms with Crippen LogP contribution in [0.15, 0.2) is 23.3 Å². The van der Waals surface area contributed by atoms with Crippen LogP contribution in [-0.4, -0.2) is 50.4 Å². The second-order valence-electron chi connectivity index (χ2n) is 5.51. The molecule has 3 rings (SSSR count). The van der Waals surface area contributed by atoms with Crippen molar-refractivity contribution in [3.8, 4) is 0 Å². The highest BCUT2D eigenvalue weighted by Gasteiger charge is 2.27. The Balaban J connectivity index is 1.71. The summed E-state index contributed by atoms with van der Waals surface area (Å²) in [6.07, 6.45) is 7.98. The Morgan fingerprint density at radius 1 is 1.50 bits per heavy atom. The highest BCUT2D eigenvalue weighted by Crippen LogP contribution is 2.26. The fourth-order valence-electron chi connectivity index (χ4n) is 2.93. The average Bonchev–Trinajstić information content (AvgIpc) is 3.20. The first kappa shape index (κ1) is 15.6. The zero-order chi connectivity index (χ0) is 15.4. The molecule has 0 spiro atoms. The van der Waals surface area contributed by atoms with Crippen molar-refractivity contribution in [2.45, 2.75) is 25.3 Å². The predicted octanol–water partition coefficient (Wildman–Crippen LogP) is 2.46. The fraction of sp³-hybridized carbons (Fsp3) is 0.533. The van der Waals surface area contributed by atoms with E-state index in [-0.39, 0.29) is 5.91 Å². The van der Waals surface area contributed by atoms with Crippen molar-refractivity contribution in [3.05, 3.63) is 34.8 Å². The number of piperidine rings is 1. The van der Waals surface area contributed by atoms with Crippen LogP contribution < -0.4 is 0 Å². The largest absolute Gasteiger partial charge is 0.341 e. The lowest BCUT2D eigenvalue weighted by Crippen LogP contribution is -2.40. The van der Waals surface area contributed by atoms with Gasteiger partial charge in [0, 0.05) is 36.8 Å². The fourth-order valence-corrected chi connectivity index (χ4v) is 3.91. The molecule has 1 saturated heterocycles. The summed E-state index contributed by atoms with van der Waals surface area (Å²) in [6, 6.07) is 0. The summed E-state index contributed by atoms with van der Waals surface area (Å²) in [6.45, 7) is 2.42.